The van der Waals surface area contributed by atoms with E-state index in [1.54, 1.807) is 12.1 Å². The Morgan fingerprint density at radius 3 is 2.27 bits per heavy atom. The quantitative estimate of drug-likeness (QED) is 0.643. The van der Waals surface area contributed by atoms with Crippen molar-refractivity contribution in [2.45, 2.75) is 57.8 Å². The maximum absolute atomic E-state index is 13.0. The van der Waals surface area contributed by atoms with Crippen LogP contribution in [0.15, 0.2) is 29.2 Å². The average molecular weight is 438 g/mol. The molecular formula is C23H39N3O3S. The van der Waals surface area contributed by atoms with Gasteiger partial charge in [-0.05, 0) is 62.4 Å². The third-order valence-corrected chi connectivity index (χ3v) is 7.92. The lowest BCUT2D eigenvalue weighted by Gasteiger charge is -2.32. The molecule has 1 atom stereocenters. The lowest BCUT2D eigenvalue weighted by Crippen LogP contribution is -2.45. The summed E-state index contributed by atoms with van der Waals surface area (Å²) in [4.78, 5) is 15.0. The summed E-state index contributed by atoms with van der Waals surface area (Å²) < 4.78 is 27.5. The molecule has 1 aliphatic rings. The van der Waals surface area contributed by atoms with E-state index in [0.717, 1.165) is 18.5 Å². The molecule has 1 amide bonds. The molecule has 0 radical (unpaired) electrons. The second-order valence-corrected chi connectivity index (χ2v) is 11.6. The first-order chi connectivity index (χ1) is 14.0. The second kappa shape index (κ2) is 10.2. The smallest absolute Gasteiger partial charge is 0.243 e. The van der Waals surface area contributed by atoms with E-state index in [1.807, 2.05) is 26.2 Å². The van der Waals surface area contributed by atoms with Gasteiger partial charge < -0.3 is 10.2 Å². The van der Waals surface area contributed by atoms with Gasteiger partial charge in [0, 0.05) is 32.1 Å². The minimum absolute atomic E-state index is 0.00929. The Balaban J connectivity index is 1.92. The van der Waals surface area contributed by atoms with Crippen LogP contribution in [0.5, 0.6) is 0 Å². The SMILES string of the molecule is CCC(C)c1ccc(S(=O)(=O)N2CCC(C(=O)NCC(C)(C)CN(C)C)CC2)cc1. The zero-order chi connectivity index (χ0) is 22.5. The van der Waals surface area contributed by atoms with Crippen molar-refractivity contribution in [3.05, 3.63) is 29.8 Å². The van der Waals surface area contributed by atoms with Gasteiger partial charge in [-0.2, -0.15) is 4.31 Å². The molecule has 1 fully saturated rings. The molecule has 0 saturated carbocycles. The number of carbonyl (C=O) groups is 1. The Labute approximate surface area is 183 Å². The highest BCUT2D eigenvalue weighted by molar-refractivity contribution is 7.89. The predicted molar refractivity (Wildman–Crippen MR) is 122 cm³/mol. The Morgan fingerprint density at radius 2 is 1.77 bits per heavy atom. The third-order valence-electron chi connectivity index (χ3n) is 6.01. The second-order valence-electron chi connectivity index (χ2n) is 9.68. The summed E-state index contributed by atoms with van der Waals surface area (Å²) in [6.45, 7) is 10.8. The Morgan fingerprint density at radius 1 is 1.20 bits per heavy atom. The molecule has 6 nitrogen and oxygen atoms in total. The molecule has 30 heavy (non-hydrogen) atoms. The van der Waals surface area contributed by atoms with E-state index in [-0.39, 0.29) is 17.2 Å². The standard InChI is InChI=1S/C23H39N3O3S/c1-7-18(2)19-8-10-21(11-9-19)30(28,29)26-14-12-20(13-15-26)22(27)24-16-23(3,4)17-25(5)6/h8-11,18,20H,7,12-17H2,1-6H3,(H,24,27). The van der Waals surface area contributed by atoms with Crippen LogP contribution in [0.1, 0.15) is 58.4 Å². The highest BCUT2D eigenvalue weighted by atomic mass is 32.2. The molecule has 7 heteroatoms. The number of amides is 1. The van der Waals surface area contributed by atoms with Gasteiger partial charge in [-0.15, -0.1) is 0 Å². The fraction of sp³-hybridized carbons (Fsp3) is 0.696. The van der Waals surface area contributed by atoms with Crippen molar-refractivity contribution >= 4 is 15.9 Å². The number of benzene rings is 1. The molecule has 1 aromatic rings. The number of piperidine rings is 1. The number of rotatable bonds is 9. The maximum atomic E-state index is 13.0. The van der Waals surface area contributed by atoms with E-state index in [1.165, 1.54) is 4.31 Å². The van der Waals surface area contributed by atoms with E-state index >= 15 is 0 Å². The van der Waals surface area contributed by atoms with Crippen LogP contribution in [0.2, 0.25) is 0 Å². The molecule has 0 aromatic heterocycles. The zero-order valence-corrected chi connectivity index (χ0v) is 20.3. The van der Waals surface area contributed by atoms with E-state index in [2.05, 4.69) is 37.9 Å². The molecule has 1 saturated heterocycles. The van der Waals surface area contributed by atoms with Crippen molar-refractivity contribution in [3.8, 4) is 0 Å². The van der Waals surface area contributed by atoms with E-state index in [0.29, 0.717) is 43.3 Å². The summed E-state index contributed by atoms with van der Waals surface area (Å²) in [6.07, 6.45) is 2.14. The van der Waals surface area contributed by atoms with Gasteiger partial charge in [0.25, 0.3) is 0 Å². The van der Waals surface area contributed by atoms with Gasteiger partial charge >= 0.3 is 0 Å². The fourth-order valence-corrected chi connectivity index (χ4v) is 5.56. The molecule has 1 heterocycles. The minimum atomic E-state index is -3.51. The van der Waals surface area contributed by atoms with Crippen molar-refractivity contribution < 1.29 is 13.2 Å². The van der Waals surface area contributed by atoms with Crippen LogP contribution >= 0.6 is 0 Å². The number of nitrogens with zero attached hydrogens (tertiary/aromatic N) is 2. The van der Waals surface area contributed by atoms with E-state index < -0.39 is 10.0 Å². The first-order valence-electron chi connectivity index (χ1n) is 11.0. The van der Waals surface area contributed by atoms with Crippen molar-refractivity contribution in [1.29, 1.82) is 0 Å². The normalized spacial score (nSPS) is 17.8. The van der Waals surface area contributed by atoms with Crippen LogP contribution in [0, 0.1) is 11.3 Å². The molecule has 1 aromatic carbocycles. The van der Waals surface area contributed by atoms with Crippen LogP contribution in [0.4, 0.5) is 0 Å². The van der Waals surface area contributed by atoms with Gasteiger partial charge in [-0.1, -0.05) is 39.8 Å². The van der Waals surface area contributed by atoms with Crippen LogP contribution in [0.3, 0.4) is 0 Å². The highest BCUT2D eigenvalue weighted by Crippen LogP contribution is 2.26. The van der Waals surface area contributed by atoms with E-state index in [9.17, 15) is 13.2 Å². The van der Waals surface area contributed by atoms with E-state index in [4.69, 9.17) is 0 Å². The molecule has 2 rings (SSSR count). The minimum Gasteiger partial charge on any atom is -0.355 e. The summed E-state index contributed by atoms with van der Waals surface area (Å²) >= 11 is 0. The largest absolute Gasteiger partial charge is 0.355 e. The van der Waals surface area contributed by atoms with Crippen molar-refractivity contribution in [2.75, 3.05) is 40.3 Å². The van der Waals surface area contributed by atoms with Crippen molar-refractivity contribution in [1.82, 2.24) is 14.5 Å². The third kappa shape index (κ3) is 6.53. The van der Waals surface area contributed by atoms with Crippen molar-refractivity contribution in [3.63, 3.8) is 0 Å². The molecular weight excluding hydrogens is 398 g/mol. The van der Waals surface area contributed by atoms with Crippen LogP contribution < -0.4 is 5.32 Å². The Kier molecular flexibility index (Phi) is 8.48. The fourth-order valence-electron chi connectivity index (χ4n) is 4.09. The predicted octanol–water partition coefficient (Wildman–Crippen LogP) is 3.30. The van der Waals surface area contributed by atoms with Gasteiger partial charge in [-0.3, -0.25) is 4.79 Å². The van der Waals surface area contributed by atoms with Gasteiger partial charge in [0.2, 0.25) is 15.9 Å². The molecule has 0 spiro atoms. The number of nitrogens with one attached hydrogen (secondary N) is 1. The van der Waals surface area contributed by atoms with Crippen LogP contribution in [-0.2, 0) is 14.8 Å². The zero-order valence-electron chi connectivity index (χ0n) is 19.4. The van der Waals surface area contributed by atoms with Gasteiger partial charge in [-0.25, -0.2) is 8.42 Å². The van der Waals surface area contributed by atoms with Gasteiger partial charge in [0.05, 0.1) is 4.90 Å². The summed E-state index contributed by atoms with van der Waals surface area (Å²) in [7, 11) is 0.538. The summed E-state index contributed by atoms with van der Waals surface area (Å²) in [6, 6.07) is 7.25. The lowest BCUT2D eigenvalue weighted by molar-refractivity contribution is -0.126. The maximum Gasteiger partial charge on any atom is 0.243 e. The Hall–Kier alpha value is -1.44. The first kappa shape index (κ1) is 24.8. The molecule has 1 N–H and O–H groups in total. The lowest BCUT2D eigenvalue weighted by atomic mass is 9.91. The molecule has 170 valence electrons. The number of sulfonamides is 1. The van der Waals surface area contributed by atoms with Crippen LogP contribution in [-0.4, -0.2) is 63.8 Å². The summed E-state index contributed by atoms with van der Waals surface area (Å²) in [5, 5.41) is 3.07. The average Bonchev–Trinajstić information content (AvgIpc) is 2.70. The van der Waals surface area contributed by atoms with Crippen molar-refractivity contribution in [2.24, 2.45) is 11.3 Å². The topological polar surface area (TPSA) is 69.7 Å². The number of hydrogen-bond acceptors (Lipinski definition) is 4. The summed E-state index contributed by atoms with van der Waals surface area (Å²) in [5.41, 5.74) is 1.15. The number of carbonyl (C=O) groups excluding carboxylic acids is 1. The first-order valence-corrected chi connectivity index (χ1v) is 12.4. The van der Waals surface area contributed by atoms with Crippen LogP contribution in [0.25, 0.3) is 0 Å². The number of hydrogen-bond donors (Lipinski definition) is 1. The van der Waals surface area contributed by atoms with Gasteiger partial charge in [0.15, 0.2) is 0 Å². The molecule has 0 bridgehead atoms. The Bertz CT molecular complexity index is 795. The monoisotopic (exact) mass is 437 g/mol. The van der Waals surface area contributed by atoms with Gasteiger partial charge in [0.1, 0.15) is 0 Å². The summed E-state index contributed by atoms with van der Waals surface area (Å²) in [5.74, 6) is 0.329. The highest BCUT2D eigenvalue weighted by Gasteiger charge is 2.32. The molecule has 1 unspecified atom stereocenters. The molecule has 0 aliphatic carbocycles. The molecule has 1 aliphatic heterocycles.